The van der Waals surface area contributed by atoms with Gasteiger partial charge in [0.15, 0.2) is 0 Å². The maximum Gasteiger partial charge on any atom is 0.278 e. The summed E-state index contributed by atoms with van der Waals surface area (Å²) in [5.41, 5.74) is 6.20. The molecule has 7 nitrogen and oxygen atoms in total. The highest BCUT2D eigenvalue weighted by Crippen LogP contribution is 2.23. The fraction of sp³-hybridized carbons (Fsp3) is 0.154. The highest BCUT2D eigenvalue weighted by Gasteiger charge is 2.20. The fourth-order valence-corrected chi connectivity index (χ4v) is 1.90. The average molecular weight is 272 g/mol. The second-order valence-electron chi connectivity index (χ2n) is 4.38. The van der Waals surface area contributed by atoms with Crippen LogP contribution >= 0.6 is 0 Å². The molecule has 1 aromatic carbocycles. The van der Waals surface area contributed by atoms with Crippen molar-refractivity contribution in [3.05, 3.63) is 41.8 Å². The first-order valence-corrected chi connectivity index (χ1v) is 6.02. The third-order valence-corrected chi connectivity index (χ3v) is 2.95. The number of nitrogens with one attached hydrogen (secondary N) is 1. The van der Waals surface area contributed by atoms with Gasteiger partial charge in [0, 0.05) is 5.39 Å². The summed E-state index contributed by atoms with van der Waals surface area (Å²) in [5.74, 6) is 0.144. The SMILES string of the molecule is C[C@H](NC(=O)c1nonc1N)c1cc2ccccc2o1. The number of nitrogen functional groups attached to an aromatic ring is 1. The quantitative estimate of drug-likeness (QED) is 0.753. The van der Waals surface area contributed by atoms with E-state index in [4.69, 9.17) is 10.2 Å². The lowest BCUT2D eigenvalue weighted by molar-refractivity contribution is 0.0926. The van der Waals surface area contributed by atoms with Crippen LogP contribution in [0.1, 0.15) is 29.2 Å². The largest absolute Gasteiger partial charge is 0.459 e. The van der Waals surface area contributed by atoms with E-state index in [1.165, 1.54) is 0 Å². The Morgan fingerprint density at radius 3 is 2.85 bits per heavy atom. The molecule has 20 heavy (non-hydrogen) atoms. The van der Waals surface area contributed by atoms with E-state index in [2.05, 4.69) is 20.3 Å². The van der Waals surface area contributed by atoms with E-state index in [1.807, 2.05) is 30.3 Å². The number of hydrogen-bond acceptors (Lipinski definition) is 6. The lowest BCUT2D eigenvalue weighted by Crippen LogP contribution is -2.27. The number of aromatic nitrogens is 2. The average Bonchev–Trinajstić information content (AvgIpc) is 3.04. The Morgan fingerprint density at radius 1 is 1.35 bits per heavy atom. The molecule has 0 aliphatic carbocycles. The topological polar surface area (TPSA) is 107 Å². The minimum Gasteiger partial charge on any atom is -0.459 e. The number of amides is 1. The van der Waals surface area contributed by atoms with Gasteiger partial charge in [-0.15, -0.1) is 0 Å². The van der Waals surface area contributed by atoms with Crippen molar-refractivity contribution < 1.29 is 13.8 Å². The first kappa shape index (κ1) is 12.2. The van der Waals surface area contributed by atoms with Crippen molar-refractivity contribution >= 4 is 22.7 Å². The maximum absolute atomic E-state index is 11.9. The minimum atomic E-state index is -0.461. The number of benzene rings is 1. The summed E-state index contributed by atoms with van der Waals surface area (Å²) in [7, 11) is 0. The van der Waals surface area contributed by atoms with Gasteiger partial charge < -0.3 is 15.5 Å². The molecule has 2 heterocycles. The summed E-state index contributed by atoms with van der Waals surface area (Å²) in [5, 5.41) is 10.5. The molecule has 0 saturated heterocycles. The molecule has 0 aliphatic heterocycles. The minimum absolute atomic E-state index is 0.0343. The lowest BCUT2D eigenvalue weighted by Gasteiger charge is -2.09. The molecule has 0 aliphatic rings. The summed E-state index contributed by atoms with van der Waals surface area (Å²) < 4.78 is 10.1. The molecule has 0 bridgehead atoms. The van der Waals surface area contributed by atoms with Gasteiger partial charge in [0.1, 0.15) is 11.3 Å². The van der Waals surface area contributed by atoms with Crippen LogP contribution in [0.15, 0.2) is 39.4 Å². The number of furan rings is 1. The van der Waals surface area contributed by atoms with Crippen LogP contribution in [-0.2, 0) is 0 Å². The molecule has 0 radical (unpaired) electrons. The van der Waals surface area contributed by atoms with Crippen molar-refractivity contribution in [1.82, 2.24) is 15.6 Å². The predicted molar refractivity (Wildman–Crippen MR) is 70.8 cm³/mol. The van der Waals surface area contributed by atoms with E-state index in [1.54, 1.807) is 6.92 Å². The molecule has 0 fully saturated rings. The van der Waals surface area contributed by atoms with Crippen LogP contribution in [0.25, 0.3) is 11.0 Å². The molecule has 3 aromatic rings. The molecule has 3 N–H and O–H groups in total. The number of nitrogens with zero attached hydrogens (tertiary/aromatic N) is 2. The van der Waals surface area contributed by atoms with Crippen LogP contribution in [0, 0.1) is 0 Å². The molecule has 3 rings (SSSR count). The van der Waals surface area contributed by atoms with E-state index in [0.717, 1.165) is 11.0 Å². The number of rotatable bonds is 3. The molecule has 0 spiro atoms. The van der Waals surface area contributed by atoms with Crippen molar-refractivity contribution in [3.63, 3.8) is 0 Å². The van der Waals surface area contributed by atoms with E-state index >= 15 is 0 Å². The van der Waals surface area contributed by atoms with Gasteiger partial charge in [0.2, 0.25) is 11.5 Å². The van der Waals surface area contributed by atoms with Crippen LogP contribution in [0.4, 0.5) is 5.82 Å². The summed E-state index contributed by atoms with van der Waals surface area (Å²) >= 11 is 0. The monoisotopic (exact) mass is 272 g/mol. The Bertz CT molecular complexity index is 729. The first-order chi connectivity index (χ1) is 9.65. The van der Waals surface area contributed by atoms with Gasteiger partial charge >= 0.3 is 0 Å². The van der Waals surface area contributed by atoms with Crippen molar-refractivity contribution in [2.24, 2.45) is 0 Å². The lowest BCUT2D eigenvalue weighted by atomic mass is 10.2. The fourth-order valence-electron chi connectivity index (χ4n) is 1.90. The van der Waals surface area contributed by atoms with E-state index < -0.39 is 5.91 Å². The Kier molecular flexibility index (Phi) is 2.86. The Labute approximate surface area is 113 Å². The second kappa shape index (κ2) is 4.69. The van der Waals surface area contributed by atoms with Gasteiger partial charge in [0.05, 0.1) is 6.04 Å². The Balaban J connectivity index is 1.80. The normalized spacial score (nSPS) is 12.4. The Morgan fingerprint density at radius 2 is 2.15 bits per heavy atom. The zero-order valence-electron chi connectivity index (χ0n) is 10.7. The van der Waals surface area contributed by atoms with Gasteiger partial charge in [-0.2, -0.15) is 0 Å². The summed E-state index contributed by atoms with van der Waals surface area (Å²) in [6, 6.07) is 9.17. The molecule has 7 heteroatoms. The van der Waals surface area contributed by atoms with Crippen molar-refractivity contribution in [2.75, 3.05) is 5.73 Å². The number of para-hydroxylation sites is 1. The summed E-state index contributed by atoms with van der Waals surface area (Å²) in [6.07, 6.45) is 0. The highest BCUT2D eigenvalue weighted by atomic mass is 16.6. The number of fused-ring (bicyclic) bond motifs is 1. The molecule has 1 atom stereocenters. The first-order valence-electron chi connectivity index (χ1n) is 6.02. The molecule has 0 unspecified atom stereocenters. The highest BCUT2D eigenvalue weighted by molar-refractivity contribution is 5.96. The molecule has 1 amide bonds. The zero-order chi connectivity index (χ0) is 14.1. The van der Waals surface area contributed by atoms with Crippen LogP contribution in [0.5, 0.6) is 0 Å². The molecule has 102 valence electrons. The zero-order valence-corrected chi connectivity index (χ0v) is 10.7. The van der Waals surface area contributed by atoms with Crippen LogP contribution < -0.4 is 11.1 Å². The number of carbonyl (C=O) groups excluding carboxylic acids is 1. The summed E-state index contributed by atoms with van der Waals surface area (Å²) in [4.78, 5) is 11.9. The Hall–Kier alpha value is -2.83. The molecular weight excluding hydrogens is 260 g/mol. The molecular formula is C13H12N4O3. The predicted octanol–water partition coefficient (Wildman–Crippen LogP) is 1.89. The van der Waals surface area contributed by atoms with E-state index in [9.17, 15) is 4.79 Å². The number of hydrogen-bond donors (Lipinski definition) is 2. The smallest absolute Gasteiger partial charge is 0.278 e. The summed E-state index contributed by atoms with van der Waals surface area (Å²) in [6.45, 7) is 1.80. The van der Waals surface area contributed by atoms with Gasteiger partial charge in [-0.05, 0) is 29.4 Å². The van der Waals surface area contributed by atoms with Gasteiger partial charge in [-0.25, -0.2) is 4.63 Å². The van der Waals surface area contributed by atoms with Crippen molar-refractivity contribution in [2.45, 2.75) is 13.0 Å². The molecule has 2 aromatic heterocycles. The molecule has 0 saturated carbocycles. The maximum atomic E-state index is 11.9. The second-order valence-corrected chi connectivity index (χ2v) is 4.38. The van der Waals surface area contributed by atoms with Crippen LogP contribution in [0.2, 0.25) is 0 Å². The number of anilines is 1. The van der Waals surface area contributed by atoms with E-state index in [0.29, 0.717) is 5.76 Å². The standard InChI is InChI=1S/C13H12N4O3/c1-7(15-13(18)11-12(14)17-20-16-11)10-6-8-4-2-3-5-9(8)19-10/h2-7H,1H3,(H2,14,17)(H,15,18)/t7-/m0/s1. The van der Waals surface area contributed by atoms with Gasteiger partial charge in [-0.1, -0.05) is 18.2 Å². The van der Waals surface area contributed by atoms with E-state index in [-0.39, 0.29) is 17.6 Å². The third-order valence-electron chi connectivity index (χ3n) is 2.95. The number of nitrogens with two attached hydrogens (primary N) is 1. The van der Waals surface area contributed by atoms with Crippen molar-refractivity contribution in [3.8, 4) is 0 Å². The van der Waals surface area contributed by atoms with Gasteiger partial charge in [-0.3, -0.25) is 4.79 Å². The number of carbonyl (C=O) groups is 1. The van der Waals surface area contributed by atoms with Crippen LogP contribution in [-0.4, -0.2) is 16.2 Å². The van der Waals surface area contributed by atoms with Crippen molar-refractivity contribution in [1.29, 1.82) is 0 Å². The third kappa shape index (κ3) is 2.09. The van der Waals surface area contributed by atoms with Gasteiger partial charge in [0.25, 0.3) is 5.91 Å². The van der Waals surface area contributed by atoms with Crippen LogP contribution in [0.3, 0.4) is 0 Å².